The second-order valence-corrected chi connectivity index (χ2v) is 4.96. The zero-order chi connectivity index (χ0) is 14.1. The molecule has 1 atom stereocenters. The Morgan fingerprint density at radius 2 is 2.30 bits per heavy atom. The van der Waals surface area contributed by atoms with Gasteiger partial charge in [-0.2, -0.15) is 0 Å². The smallest absolute Gasteiger partial charge is 0.256 e. The largest absolute Gasteiger partial charge is 0.506 e. The van der Waals surface area contributed by atoms with Crippen molar-refractivity contribution in [1.29, 1.82) is 0 Å². The minimum Gasteiger partial charge on any atom is -0.506 e. The lowest BCUT2D eigenvalue weighted by atomic mass is 10.1. The van der Waals surface area contributed by atoms with Crippen LogP contribution in [0.2, 0.25) is 0 Å². The molecule has 1 amide bonds. The molecule has 3 rings (SSSR count). The first-order chi connectivity index (χ1) is 9.65. The van der Waals surface area contributed by atoms with Crippen molar-refractivity contribution in [3.05, 3.63) is 41.5 Å². The highest BCUT2D eigenvalue weighted by Crippen LogP contribution is 2.33. The van der Waals surface area contributed by atoms with E-state index < -0.39 is 0 Å². The van der Waals surface area contributed by atoms with Crippen LogP contribution in [-0.4, -0.2) is 32.6 Å². The van der Waals surface area contributed by atoms with Gasteiger partial charge in [-0.1, -0.05) is 5.16 Å². The van der Waals surface area contributed by atoms with Crippen molar-refractivity contribution in [2.45, 2.75) is 25.8 Å². The average molecular weight is 273 g/mol. The van der Waals surface area contributed by atoms with E-state index in [1.807, 2.05) is 13.0 Å². The maximum Gasteiger partial charge on any atom is 0.256 e. The highest BCUT2D eigenvalue weighted by Gasteiger charge is 2.33. The van der Waals surface area contributed by atoms with Gasteiger partial charge >= 0.3 is 0 Å². The molecule has 1 fully saturated rings. The summed E-state index contributed by atoms with van der Waals surface area (Å²) in [5, 5.41) is 13.3. The number of likely N-dealkylation sites (tertiary alicyclic amines) is 1. The van der Waals surface area contributed by atoms with E-state index in [2.05, 4.69) is 10.1 Å². The normalized spacial score (nSPS) is 18.4. The van der Waals surface area contributed by atoms with Crippen LogP contribution < -0.4 is 0 Å². The van der Waals surface area contributed by atoms with Crippen LogP contribution in [0.25, 0.3) is 0 Å². The summed E-state index contributed by atoms with van der Waals surface area (Å²) < 4.78 is 5.28. The van der Waals surface area contributed by atoms with E-state index in [1.165, 1.54) is 18.5 Å². The summed E-state index contributed by atoms with van der Waals surface area (Å²) in [4.78, 5) is 18.1. The number of carbonyl (C=O) groups excluding carboxylic acids is 1. The van der Waals surface area contributed by atoms with E-state index in [1.54, 1.807) is 4.90 Å². The summed E-state index contributed by atoms with van der Waals surface area (Å²) in [6.45, 7) is 2.52. The zero-order valence-corrected chi connectivity index (χ0v) is 11.1. The highest BCUT2D eigenvalue weighted by molar-refractivity contribution is 5.94. The van der Waals surface area contributed by atoms with Gasteiger partial charge in [-0.25, -0.2) is 0 Å². The van der Waals surface area contributed by atoms with Crippen LogP contribution in [0, 0.1) is 6.92 Å². The molecule has 1 N–H and O–H groups in total. The van der Waals surface area contributed by atoms with E-state index >= 15 is 0 Å². The number of hydrogen-bond acceptors (Lipinski definition) is 5. The highest BCUT2D eigenvalue weighted by atomic mass is 16.5. The van der Waals surface area contributed by atoms with Gasteiger partial charge < -0.3 is 14.5 Å². The molecular weight excluding hydrogens is 258 g/mol. The molecule has 6 heteroatoms. The van der Waals surface area contributed by atoms with Crippen molar-refractivity contribution in [3.8, 4) is 5.75 Å². The van der Waals surface area contributed by atoms with Crippen LogP contribution in [0.5, 0.6) is 5.75 Å². The quantitative estimate of drug-likeness (QED) is 0.906. The summed E-state index contributed by atoms with van der Waals surface area (Å²) >= 11 is 0. The van der Waals surface area contributed by atoms with E-state index in [0.717, 1.165) is 18.5 Å². The maximum absolute atomic E-state index is 12.5. The molecule has 0 radical (unpaired) electrons. The Morgan fingerprint density at radius 1 is 1.45 bits per heavy atom. The average Bonchev–Trinajstić information content (AvgIpc) is 3.06. The van der Waals surface area contributed by atoms with Crippen LogP contribution in [0.1, 0.15) is 40.7 Å². The predicted molar refractivity (Wildman–Crippen MR) is 70.2 cm³/mol. The lowest BCUT2D eigenvalue weighted by molar-refractivity contribution is 0.0713. The number of aryl methyl sites for hydroxylation is 1. The number of nitrogens with zero attached hydrogens (tertiary/aromatic N) is 3. The third kappa shape index (κ3) is 2.24. The molecule has 3 heterocycles. The number of carbonyl (C=O) groups is 1. The third-order valence-corrected chi connectivity index (χ3v) is 3.46. The van der Waals surface area contributed by atoms with E-state index in [0.29, 0.717) is 17.9 Å². The Balaban J connectivity index is 1.87. The molecule has 6 nitrogen and oxygen atoms in total. The van der Waals surface area contributed by atoms with Crippen LogP contribution in [-0.2, 0) is 0 Å². The van der Waals surface area contributed by atoms with Crippen LogP contribution in [0.15, 0.2) is 29.0 Å². The fraction of sp³-hybridized carbons (Fsp3) is 0.357. The Morgan fingerprint density at radius 3 is 3.00 bits per heavy atom. The third-order valence-electron chi connectivity index (χ3n) is 3.46. The fourth-order valence-corrected chi connectivity index (χ4v) is 2.56. The van der Waals surface area contributed by atoms with Gasteiger partial charge in [0, 0.05) is 18.8 Å². The van der Waals surface area contributed by atoms with E-state index in [9.17, 15) is 9.90 Å². The van der Waals surface area contributed by atoms with Gasteiger partial charge in [0.2, 0.25) is 0 Å². The Labute approximate surface area is 116 Å². The summed E-state index contributed by atoms with van der Waals surface area (Å²) in [5.74, 6) is 0.550. The lowest BCUT2D eigenvalue weighted by Gasteiger charge is -2.22. The maximum atomic E-state index is 12.5. The number of aromatic hydroxyl groups is 1. The second kappa shape index (κ2) is 4.96. The van der Waals surface area contributed by atoms with Gasteiger partial charge in [-0.05, 0) is 25.8 Å². The molecule has 1 aliphatic heterocycles. The molecule has 2 aromatic heterocycles. The molecule has 2 aromatic rings. The number of hydrogen-bond donors (Lipinski definition) is 1. The summed E-state index contributed by atoms with van der Waals surface area (Å²) in [7, 11) is 0. The van der Waals surface area contributed by atoms with Crippen molar-refractivity contribution in [2.75, 3.05) is 6.54 Å². The minimum absolute atomic E-state index is 0.0119. The number of pyridine rings is 1. The molecule has 0 spiro atoms. The van der Waals surface area contributed by atoms with E-state index in [4.69, 9.17) is 4.52 Å². The SMILES string of the molecule is Cc1cc(C2CCCN2C(=O)c2cncc(O)c2)on1. The first-order valence-electron chi connectivity index (χ1n) is 6.53. The van der Waals surface area contributed by atoms with Gasteiger partial charge in [0.25, 0.3) is 5.91 Å². The molecule has 0 aromatic carbocycles. The molecule has 0 bridgehead atoms. The van der Waals surface area contributed by atoms with Crippen molar-refractivity contribution in [1.82, 2.24) is 15.0 Å². The topological polar surface area (TPSA) is 79.5 Å². The summed E-state index contributed by atoms with van der Waals surface area (Å²) in [5.41, 5.74) is 1.19. The monoisotopic (exact) mass is 273 g/mol. The molecule has 1 unspecified atom stereocenters. The minimum atomic E-state index is -0.148. The molecule has 1 aliphatic rings. The van der Waals surface area contributed by atoms with Crippen LogP contribution in [0.4, 0.5) is 0 Å². The van der Waals surface area contributed by atoms with Crippen LogP contribution >= 0.6 is 0 Å². The molecule has 0 aliphatic carbocycles. The Kier molecular flexibility index (Phi) is 3.14. The lowest BCUT2D eigenvalue weighted by Crippen LogP contribution is -2.30. The molecule has 1 saturated heterocycles. The first kappa shape index (κ1) is 12.7. The molecule has 20 heavy (non-hydrogen) atoms. The number of amides is 1. The van der Waals surface area contributed by atoms with Gasteiger partial charge in [0.15, 0.2) is 5.76 Å². The van der Waals surface area contributed by atoms with Crippen molar-refractivity contribution in [3.63, 3.8) is 0 Å². The van der Waals surface area contributed by atoms with Crippen molar-refractivity contribution < 1.29 is 14.4 Å². The Hall–Kier alpha value is -2.37. The molecule has 104 valence electrons. The second-order valence-electron chi connectivity index (χ2n) is 4.96. The standard InChI is InChI=1S/C14H15N3O3/c1-9-5-13(20-16-9)12-3-2-4-17(12)14(19)10-6-11(18)8-15-7-10/h5-8,12,18H,2-4H2,1H3. The predicted octanol–water partition coefficient (Wildman–Crippen LogP) is 2.06. The van der Waals surface area contributed by atoms with Crippen molar-refractivity contribution in [2.24, 2.45) is 0 Å². The van der Waals surface area contributed by atoms with Crippen LogP contribution in [0.3, 0.4) is 0 Å². The molecular formula is C14H15N3O3. The fourth-order valence-electron chi connectivity index (χ4n) is 2.56. The van der Waals surface area contributed by atoms with Gasteiger partial charge in [-0.15, -0.1) is 0 Å². The van der Waals surface area contributed by atoms with Gasteiger partial charge in [0.05, 0.1) is 23.5 Å². The molecule has 0 saturated carbocycles. The zero-order valence-electron chi connectivity index (χ0n) is 11.1. The first-order valence-corrected chi connectivity index (χ1v) is 6.53. The van der Waals surface area contributed by atoms with Gasteiger partial charge in [-0.3, -0.25) is 9.78 Å². The summed E-state index contributed by atoms with van der Waals surface area (Å²) in [6.07, 6.45) is 4.54. The Bertz CT molecular complexity index is 638. The number of aromatic nitrogens is 2. The summed E-state index contributed by atoms with van der Waals surface area (Å²) in [6, 6.07) is 3.19. The van der Waals surface area contributed by atoms with Crippen molar-refractivity contribution >= 4 is 5.91 Å². The number of rotatable bonds is 2. The van der Waals surface area contributed by atoms with E-state index in [-0.39, 0.29) is 17.7 Å². The van der Waals surface area contributed by atoms with Gasteiger partial charge in [0.1, 0.15) is 5.75 Å².